The fraction of sp³-hybridized carbons (Fsp3) is 0.562. The van der Waals surface area contributed by atoms with Crippen molar-refractivity contribution < 1.29 is 106 Å². The largest absolute Gasteiger partial charge is 0.482 e. The molecule has 2 fully saturated rings. The van der Waals surface area contributed by atoms with Gasteiger partial charge in [0.2, 0.25) is 94.5 Å². The van der Waals surface area contributed by atoms with Crippen molar-refractivity contribution in [3.8, 4) is 16.9 Å². The highest BCUT2D eigenvalue weighted by Crippen LogP contribution is 2.29. The molecule has 42 heteroatoms. The molecule has 0 radical (unpaired) electrons. The molecular formula is C96H141N19O22S. The first kappa shape index (κ1) is 114. The molecule has 0 aromatic heterocycles. The number of aliphatic hydroxyl groups excluding tert-OH is 1. The number of thioether (sulfide) groups is 1. The molecule has 0 spiro atoms. The highest BCUT2D eigenvalue weighted by atomic mass is 32.2. The van der Waals surface area contributed by atoms with Gasteiger partial charge >= 0.3 is 11.9 Å². The molecule has 758 valence electrons. The Hall–Kier alpha value is -12.7. The van der Waals surface area contributed by atoms with Crippen LogP contribution in [0, 0.1) is 36.5 Å². The fourth-order valence-electron chi connectivity index (χ4n) is 15.7. The van der Waals surface area contributed by atoms with E-state index in [1.807, 2.05) is 42.5 Å². The van der Waals surface area contributed by atoms with Crippen LogP contribution in [0.2, 0.25) is 0 Å². The van der Waals surface area contributed by atoms with Gasteiger partial charge in [0, 0.05) is 25.0 Å². The molecule has 1 saturated carbocycles. The van der Waals surface area contributed by atoms with Gasteiger partial charge in [-0.05, 0) is 148 Å². The average molecular weight is 1950 g/mol. The summed E-state index contributed by atoms with van der Waals surface area (Å²) in [4.78, 5) is 260. The van der Waals surface area contributed by atoms with E-state index in [1.54, 1.807) is 98.7 Å². The first-order valence-corrected chi connectivity index (χ1v) is 48.1. The van der Waals surface area contributed by atoms with Gasteiger partial charge < -0.3 is 123 Å². The van der Waals surface area contributed by atoms with Crippen molar-refractivity contribution >= 4 is 118 Å². The van der Waals surface area contributed by atoms with Crippen molar-refractivity contribution in [2.24, 2.45) is 52.5 Å². The van der Waals surface area contributed by atoms with Crippen molar-refractivity contribution in [3.05, 3.63) is 125 Å². The summed E-state index contributed by atoms with van der Waals surface area (Å²) in [6.07, 6.45) is -0.369. The number of carbonyl (C=O) groups is 18. The zero-order valence-electron chi connectivity index (χ0n) is 80.3. The number of carboxylic acids is 2. The lowest BCUT2D eigenvalue weighted by atomic mass is 9.84. The topological polar surface area (TPSA) is 662 Å². The van der Waals surface area contributed by atoms with Gasteiger partial charge in [0.05, 0.1) is 18.3 Å². The van der Waals surface area contributed by atoms with E-state index in [0.717, 1.165) is 37.3 Å². The number of carbonyl (C=O) groups excluding carboxylic acids is 16. The third-order valence-electron chi connectivity index (χ3n) is 23.7. The monoisotopic (exact) mass is 1940 g/mol. The van der Waals surface area contributed by atoms with E-state index in [1.165, 1.54) is 31.2 Å². The van der Waals surface area contributed by atoms with Crippen molar-refractivity contribution in [2.75, 3.05) is 37.7 Å². The van der Waals surface area contributed by atoms with Crippen LogP contribution in [-0.4, -0.2) is 256 Å². The van der Waals surface area contributed by atoms with Crippen LogP contribution in [-0.2, 0) is 106 Å². The van der Waals surface area contributed by atoms with Crippen LogP contribution < -0.4 is 107 Å². The van der Waals surface area contributed by atoms with Gasteiger partial charge in [-0.1, -0.05) is 190 Å². The number of nitrogens with one attached hydrogen (secondary N) is 15. The number of primary amides is 1. The molecule has 6 rings (SSSR count). The van der Waals surface area contributed by atoms with E-state index >= 15 is 28.8 Å². The molecule has 2 unspecified atom stereocenters. The van der Waals surface area contributed by atoms with Crippen molar-refractivity contribution in [3.63, 3.8) is 0 Å². The van der Waals surface area contributed by atoms with E-state index in [4.69, 9.17) is 27.7 Å². The number of rotatable bonds is 31. The quantitative estimate of drug-likeness (QED) is 0.0297. The number of benzene rings is 4. The standard InChI is InChI=1S/C96H141N19O22S/c1-12-55(9)80-95(135)104-65(27-20-38-97)83(123)105-68(41-51(2)3)86(126)103-67(37-40-99)85(125)107-70(43-58-22-15-13-16-23-58)89(129)113-79(53(6)7)94(134)115-81(57(11)116)96(136)111-74(92(132)101-56(10)82(100)122)49-138-50-75(117)102-66(36-39-98)84(124)106-69(45-60-30-34-64(35-31-60)137-48-77(120)121)87(127)109-73(47-76(118)119)88(128)108-72(46-61-24-19-21-54(8)42-61)90(130)112-78(52(4)5)93(133)110-71(91(131)114-80)44-59-28-32-63(33-29-59)62-25-17-14-18-26-62/h14,17-19,21,24-26,28-35,42,51-53,55-58,65-74,78-81,116H,12-13,15-16,20,22-23,27,36-41,43-50,97-99H2,1-11H3,(H2,100,122)(H,101,132)(H,102,117)(H,103,126)(H,104,135)(H,105,123)(H,106,124)(H,107,125)(H,108,128)(H,109,127)(H,110,133)(H,111,136)(H,112,130)(H,113,129)(H,114,131)(H,115,134)(H,118,119)(H,120,121)/t55?,56-,57?,65-,66-,67-,68+,69-,70-,71-,72-,73-,74-,78-,79-,80-,81-/m0/s1. The molecular weight excluding hydrogens is 1800 g/mol. The Bertz CT molecular complexity index is 4790. The maximum atomic E-state index is 15.4. The molecule has 1 aliphatic carbocycles. The highest BCUT2D eigenvalue weighted by molar-refractivity contribution is 8.00. The van der Waals surface area contributed by atoms with Crippen molar-refractivity contribution in [2.45, 2.75) is 276 Å². The number of aliphatic carboxylic acids is 2. The minimum Gasteiger partial charge on any atom is -0.482 e. The molecule has 41 nitrogen and oxygen atoms in total. The maximum Gasteiger partial charge on any atom is 0.341 e. The van der Waals surface area contributed by atoms with Crippen LogP contribution in [0.25, 0.3) is 11.1 Å². The molecule has 26 N–H and O–H groups in total. The molecule has 0 bridgehead atoms. The number of ether oxygens (including phenoxy) is 1. The number of aliphatic hydroxyl groups is 1. The van der Waals surface area contributed by atoms with E-state index in [0.29, 0.717) is 41.3 Å². The summed E-state index contributed by atoms with van der Waals surface area (Å²) in [5.74, 6) is -22.7. The first-order valence-electron chi connectivity index (χ1n) is 47.0. The van der Waals surface area contributed by atoms with E-state index in [2.05, 4.69) is 79.8 Å². The second-order valence-corrected chi connectivity index (χ2v) is 37.5. The molecule has 2 aliphatic rings. The Labute approximate surface area is 808 Å². The van der Waals surface area contributed by atoms with Gasteiger partial charge in [-0.25, -0.2) is 4.79 Å². The lowest BCUT2D eigenvalue weighted by Gasteiger charge is -2.31. The Morgan fingerprint density at radius 1 is 0.449 bits per heavy atom. The normalized spacial score (nSPS) is 24.2. The number of aryl methyl sites for hydroxylation is 1. The van der Waals surface area contributed by atoms with Gasteiger partial charge in [-0.15, -0.1) is 11.8 Å². The third kappa shape index (κ3) is 38.0. The Morgan fingerprint density at radius 2 is 0.884 bits per heavy atom. The van der Waals surface area contributed by atoms with Crippen LogP contribution in [0.15, 0.2) is 103 Å². The predicted molar refractivity (Wildman–Crippen MR) is 514 cm³/mol. The van der Waals surface area contributed by atoms with E-state index < -0.39 is 252 Å². The predicted octanol–water partition coefficient (Wildman–Crippen LogP) is -0.656. The van der Waals surface area contributed by atoms with Crippen LogP contribution in [0.5, 0.6) is 5.75 Å². The van der Waals surface area contributed by atoms with Gasteiger partial charge in [0.25, 0.3) is 0 Å². The zero-order valence-corrected chi connectivity index (χ0v) is 81.1. The fourth-order valence-corrected chi connectivity index (χ4v) is 16.6. The zero-order chi connectivity index (χ0) is 102. The Balaban J connectivity index is 1.49. The molecule has 16 amide bonds. The summed E-state index contributed by atoms with van der Waals surface area (Å²) >= 11 is 0.691. The maximum absolute atomic E-state index is 15.4. The van der Waals surface area contributed by atoms with Gasteiger partial charge in [0.1, 0.15) is 96.4 Å². The highest BCUT2D eigenvalue weighted by Gasteiger charge is 2.42. The number of hydrogen-bond acceptors (Lipinski definition) is 24. The lowest BCUT2D eigenvalue weighted by Crippen LogP contribution is -2.63. The summed E-state index contributed by atoms with van der Waals surface area (Å²) in [5, 5.41) is 70.5. The SMILES string of the molecule is CCC(C)[C@@H]1NC(=O)[C@H](Cc2ccc(-c3ccccc3)cc2)NC(=O)[C@H](C(C)C)NC(=O)[C@H](Cc2cccc(C)c2)NC(=O)[C@H](CC(=O)O)NC(=O)[C@H](Cc2ccc(OCC(=O)O)cc2)NC(=O)[C@H](CCN)NC(=O)CSC[C@@H](C(=O)N[C@@H](C)C(N)=O)NC(=O)[C@H](C(C)O)NC(=O)[C@H](C(C)C)NC(=O)[C@H](CC2CCCCC2)NC(=O)[C@H](CCN)NC(=O)[C@@H](CC(C)C)NC(=O)[C@H](CCCN)NC1=O. The number of nitrogens with two attached hydrogens (primary N) is 4. The number of carboxylic acid groups (broad SMARTS) is 2. The summed E-state index contributed by atoms with van der Waals surface area (Å²) in [5.41, 5.74) is 27.3. The van der Waals surface area contributed by atoms with Crippen LogP contribution in [0.1, 0.15) is 175 Å². The molecule has 1 saturated heterocycles. The lowest BCUT2D eigenvalue weighted by molar-refractivity contribution is -0.142. The minimum absolute atomic E-state index is 0.0249. The Morgan fingerprint density at radius 3 is 1.40 bits per heavy atom. The third-order valence-corrected chi connectivity index (χ3v) is 24.8. The average Bonchev–Trinajstić information content (AvgIpc) is 0.838. The summed E-state index contributed by atoms with van der Waals surface area (Å²) in [6.45, 7) is 16.2. The second kappa shape index (κ2) is 57.5. The van der Waals surface area contributed by atoms with Crippen LogP contribution >= 0.6 is 11.8 Å². The smallest absolute Gasteiger partial charge is 0.341 e. The van der Waals surface area contributed by atoms with E-state index in [-0.39, 0.29) is 101 Å². The minimum atomic E-state index is -2.08. The molecule has 17 atom stereocenters. The van der Waals surface area contributed by atoms with Crippen molar-refractivity contribution in [1.29, 1.82) is 0 Å². The Kier molecular flexibility index (Phi) is 47.5. The summed E-state index contributed by atoms with van der Waals surface area (Å²) in [7, 11) is 0. The summed E-state index contributed by atoms with van der Waals surface area (Å²) in [6, 6.07) is 4.73. The first-order chi connectivity index (χ1) is 65.4. The summed E-state index contributed by atoms with van der Waals surface area (Å²) < 4.78 is 5.30. The van der Waals surface area contributed by atoms with Gasteiger partial charge in [-0.3, -0.25) is 81.5 Å². The number of hydrogen-bond donors (Lipinski definition) is 22. The molecule has 4 aromatic carbocycles. The van der Waals surface area contributed by atoms with Gasteiger partial charge in [0.15, 0.2) is 6.61 Å². The van der Waals surface area contributed by atoms with Crippen molar-refractivity contribution in [1.82, 2.24) is 79.8 Å². The molecule has 138 heavy (non-hydrogen) atoms. The molecule has 1 aliphatic heterocycles. The molecule has 4 aromatic rings. The van der Waals surface area contributed by atoms with E-state index in [9.17, 15) is 72.9 Å². The molecule has 1 heterocycles. The van der Waals surface area contributed by atoms with Crippen LogP contribution in [0.4, 0.5) is 0 Å². The second-order valence-electron chi connectivity index (χ2n) is 36.4. The van der Waals surface area contributed by atoms with Crippen LogP contribution in [0.3, 0.4) is 0 Å². The van der Waals surface area contributed by atoms with Gasteiger partial charge in [-0.2, -0.15) is 0 Å². The number of amides is 16.